The van der Waals surface area contributed by atoms with Crippen molar-refractivity contribution in [1.82, 2.24) is 14.5 Å². The highest BCUT2D eigenvalue weighted by molar-refractivity contribution is 5.79. The molecule has 0 aliphatic carbocycles. The number of H-pyrrole nitrogens is 1. The van der Waals surface area contributed by atoms with Gasteiger partial charge in [0, 0.05) is 22.6 Å². The zero-order valence-electron chi connectivity index (χ0n) is 13.6. The van der Waals surface area contributed by atoms with Gasteiger partial charge in [0.25, 0.3) is 5.56 Å². The third-order valence-corrected chi connectivity index (χ3v) is 4.28. The molecule has 0 saturated carbocycles. The number of benzene rings is 2. The predicted molar refractivity (Wildman–Crippen MR) is 96.6 cm³/mol. The first-order valence-corrected chi connectivity index (χ1v) is 7.88. The van der Waals surface area contributed by atoms with Crippen LogP contribution in [0.3, 0.4) is 0 Å². The Bertz CT molecular complexity index is 1070. The maximum absolute atomic E-state index is 12.2. The summed E-state index contributed by atoms with van der Waals surface area (Å²) in [4.78, 5) is 19.7. The van der Waals surface area contributed by atoms with E-state index in [0.717, 1.165) is 11.3 Å². The van der Waals surface area contributed by atoms with Crippen molar-refractivity contribution in [2.24, 2.45) is 0 Å². The molecule has 0 bridgehead atoms. The number of aromatic amines is 1. The van der Waals surface area contributed by atoms with E-state index in [2.05, 4.69) is 40.5 Å². The number of fused-ring (bicyclic) bond motifs is 1. The van der Waals surface area contributed by atoms with Crippen LogP contribution < -0.4 is 5.56 Å². The van der Waals surface area contributed by atoms with Crippen molar-refractivity contribution in [2.75, 3.05) is 0 Å². The molecule has 24 heavy (non-hydrogen) atoms. The SMILES string of the molecule is Cc1ccc(C)n1-c1ccc(-c2nc3ccccc3c(=O)[nH]2)cc1. The molecule has 0 spiro atoms. The van der Waals surface area contributed by atoms with Gasteiger partial charge in [-0.25, -0.2) is 4.98 Å². The van der Waals surface area contributed by atoms with Crippen LogP contribution in [0.5, 0.6) is 0 Å². The number of aromatic nitrogens is 3. The average Bonchev–Trinajstić information content (AvgIpc) is 2.94. The smallest absolute Gasteiger partial charge is 0.259 e. The maximum atomic E-state index is 12.2. The summed E-state index contributed by atoms with van der Waals surface area (Å²) in [6.45, 7) is 4.17. The number of aryl methyl sites for hydroxylation is 2. The van der Waals surface area contributed by atoms with Crippen molar-refractivity contribution in [1.29, 1.82) is 0 Å². The lowest BCUT2D eigenvalue weighted by molar-refractivity contribution is 0.966. The van der Waals surface area contributed by atoms with Gasteiger partial charge in [-0.1, -0.05) is 12.1 Å². The highest BCUT2D eigenvalue weighted by Gasteiger charge is 2.07. The third-order valence-electron chi connectivity index (χ3n) is 4.28. The van der Waals surface area contributed by atoms with Crippen molar-refractivity contribution in [2.45, 2.75) is 13.8 Å². The highest BCUT2D eigenvalue weighted by atomic mass is 16.1. The minimum absolute atomic E-state index is 0.114. The number of hydrogen-bond donors (Lipinski definition) is 1. The molecule has 2 aromatic heterocycles. The van der Waals surface area contributed by atoms with Crippen LogP contribution in [0.4, 0.5) is 0 Å². The van der Waals surface area contributed by atoms with Crippen molar-refractivity contribution in [3.63, 3.8) is 0 Å². The fraction of sp³-hybridized carbons (Fsp3) is 0.100. The van der Waals surface area contributed by atoms with Gasteiger partial charge in [0.2, 0.25) is 0 Å². The lowest BCUT2D eigenvalue weighted by Gasteiger charge is -2.10. The first kappa shape index (κ1) is 14.5. The first-order valence-electron chi connectivity index (χ1n) is 7.88. The summed E-state index contributed by atoms with van der Waals surface area (Å²) in [6, 6.07) is 19.6. The molecule has 0 unspecified atom stereocenters. The third kappa shape index (κ3) is 2.33. The largest absolute Gasteiger partial charge is 0.319 e. The predicted octanol–water partition coefficient (Wildman–Crippen LogP) is 4.00. The maximum Gasteiger partial charge on any atom is 0.259 e. The Morgan fingerprint density at radius 2 is 1.54 bits per heavy atom. The van der Waals surface area contributed by atoms with Crippen LogP contribution in [-0.2, 0) is 0 Å². The van der Waals surface area contributed by atoms with Gasteiger partial charge >= 0.3 is 0 Å². The Morgan fingerprint density at radius 1 is 0.875 bits per heavy atom. The molecule has 118 valence electrons. The number of para-hydroxylation sites is 1. The molecule has 2 aromatic carbocycles. The van der Waals surface area contributed by atoms with Crippen LogP contribution in [0, 0.1) is 13.8 Å². The van der Waals surface area contributed by atoms with Crippen LogP contribution >= 0.6 is 0 Å². The second-order valence-electron chi connectivity index (χ2n) is 5.93. The molecule has 0 fully saturated rings. The van der Waals surface area contributed by atoms with Gasteiger partial charge in [-0.3, -0.25) is 4.79 Å². The van der Waals surface area contributed by atoms with Gasteiger partial charge in [-0.05, 0) is 62.4 Å². The van der Waals surface area contributed by atoms with E-state index in [1.54, 1.807) is 6.07 Å². The van der Waals surface area contributed by atoms with E-state index < -0.39 is 0 Å². The van der Waals surface area contributed by atoms with Crippen LogP contribution in [-0.4, -0.2) is 14.5 Å². The van der Waals surface area contributed by atoms with Crippen molar-refractivity contribution < 1.29 is 0 Å². The normalized spacial score (nSPS) is 11.1. The summed E-state index contributed by atoms with van der Waals surface area (Å²) in [5, 5.41) is 0.608. The lowest BCUT2D eigenvalue weighted by Crippen LogP contribution is -2.09. The zero-order valence-corrected chi connectivity index (χ0v) is 13.6. The fourth-order valence-corrected chi connectivity index (χ4v) is 3.07. The second kappa shape index (κ2) is 5.49. The fourth-order valence-electron chi connectivity index (χ4n) is 3.07. The Kier molecular flexibility index (Phi) is 3.31. The van der Waals surface area contributed by atoms with E-state index in [-0.39, 0.29) is 5.56 Å². The minimum atomic E-state index is -0.114. The second-order valence-corrected chi connectivity index (χ2v) is 5.93. The quantitative estimate of drug-likeness (QED) is 0.608. The van der Waals surface area contributed by atoms with Crippen LogP contribution in [0.1, 0.15) is 11.4 Å². The Labute approximate surface area is 139 Å². The lowest BCUT2D eigenvalue weighted by atomic mass is 10.1. The summed E-state index contributed by atoms with van der Waals surface area (Å²) in [5.41, 5.74) is 4.97. The van der Waals surface area contributed by atoms with Crippen molar-refractivity contribution in [3.8, 4) is 17.1 Å². The van der Waals surface area contributed by atoms with Gasteiger partial charge in [-0.15, -0.1) is 0 Å². The van der Waals surface area contributed by atoms with E-state index >= 15 is 0 Å². The summed E-state index contributed by atoms with van der Waals surface area (Å²) in [5.74, 6) is 0.589. The van der Waals surface area contributed by atoms with Crippen molar-refractivity contribution in [3.05, 3.63) is 82.4 Å². The minimum Gasteiger partial charge on any atom is -0.319 e. The molecule has 0 amide bonds. The van der Waals surface area contributed by atoms with E-state index in [0.29, 0.717) is 16.7 Å². The van der Waals surface area contributed by atoms with Crippen LogP contribution in [0.2, 0.25) is 0 Å². The van der Waals surface area contributed by atoms with Crippen LogP contribution in [0.25, 0.3) is 28.0 Å². The number of nitrogens with zero attached hydrogens (tertiary/aromatic N) is 2. The van der Waals surface area contributed by atoms with Gasteiger partial charge in [0.05, 0.1) is 10.9 Å². The summed E-state index contributed by atoms with van der Waals surface area (Å²) in [7, 11) is 0. The molecular formula is C20H17N3O. The molecule has 1 N–H and O–H groups in total. The Balaban J connectivity index is 1.80. The average molecular weight is 315 g/mol. The molecule has 0 saturated heterocycles. The molecule has 0 aliphatic heterocycles. The molecule has 4 rings (SSSR count). The van der Waals surface area contributed by atoms with E-state index in [1.807, 2.05) is 42.5 Å². The molecular weight excluding hydrogens is 298 g/mol. The van der Waals surface area contributed by atoms with Gasteiger partial charge in [-0.2, -0.15) is 0 Å². The van der Waals surface area contributed by atoms with E-state index in [9.17, 15) is 4.79 Å². The first-order chi connectivity index (χ1) is 11.6. The highest BCUT2D eigenvalue weighted by Crippen LogP contribution is 2.21. The standard InChI is InChI=1S/C20H17N3O/c1-13-7-8-14(2)23(13)16-11-9-15(10-12-16)19-21-18-6-4-3-5-17(18)20(24)22-19/h3-12H,1-2H3,(H,21,22,24). The van der Waals surface area contributed by atoms with Crippen LogP contribution in [0.15, 0.2) is 65.5 Å². The zero-order chi connectivity index (χ0) is 16.7. The van der Waals surface area contributed by atoms with E-state index in [1.165, 1.54) is 11.4 Å². The monoisotopic (exact) mass is 315 g/mol. The van der Waals surface area contributed by atoms with E-state index in [4.69, 9.17) is 0 Å². The molecule has 4 heteroatoms. The molecule has 4 nitrogen and oxygen atoms in total. The molecule has 0 radical (unpaired) electrons. The van der Waals surface area contributed by atoms with Crippen molar-refractivity contribution >= 4 is 10.9 Å². The van der Waals surface area contributed by atoms with Gasteiger partial charge < -0.3 is 9.55 Å². The Hall–Kier alpha value is -3.14. The van der Waals surface area contributed by atoms with Gasteiger partial charge in [0.1, 0.15) is 5.82 Å². The summed E-state index contributed by atoms with van der Waals surface area (Å²) in [6.07, 6.45) is 0. The summed E-state index contributed by atoms with van der Waals surface area (Å²) < 4.78 is 2.19. The molecule has 2 heterocycles. The Morgan fingerprint density at radius 3 is 2.25 bits per heavy atom. The number of rotatable bonds is 2. The molecule has 4 aromatic rings. The number of nitrogens with one attached hydrogen (secondary N) is 1. The summed E-state index contributed by atoms with van der Waals surface area (Å²) >= 11 is 0. The topological polar surface area (TPSA) is 50.7 Å². The van der Waals surface area contributed by atoms with Gasteiger partial charge in [0.15, 0.2) is 0 Å². The number of hydrogen-bond acceptors (Lipinski definition) is 2. The molecule has 0 aliphatic rings. The molecule has 0 atom stereocenters.